The van der Waals surface area contributed by atoms with Crippen molar-refractivity contribution in [2.75, 3.05) is 13.2 Å². The van der Waals surface area contributed by atoms with Crippen molar-refractivity contribution in [1.29, 1.82) is 0 Å². The summed E-state index contributed by atoms with van der Waals surface area (Å²) in [6.45, 7) is 2.99. The molecule has 1 fully saturated rings. The average molecular weight is 488 g/mol. The molecule has 0 bridgehead atoms. The molecular weight excluding hydrogens is 457 g/mol. The second-order valence-electron chi connectivity index (χ2n) is 8.86. The molecule has 0 aromatic heterocycles. The maximum Gasteiger partial charge on any atom is 0.295 e. The first kappa shape index (κ1) is 25.2. The van der Waals surface area contributed by atoms with E-state index in [1.807, 2.05) is 54.6 Å². The van der Waals surface area contributed by atoms with Gasteiger partial charge in [-0.15, -0.1) is 0 Å². The lowest BCUT2D eigenvalue weighted by molar-refractivity contribution is -0.139. The van der Waals surface area contributed by atoms with Crippen LogP contribution in [0.25, 0.3) is 5.76 Å². The molecule has 0 aliphatic carbocycles. The number of carbonyl (C=O) groups excluding carboxylic acids is 2. The Kier molecular flexibility index (Phi) is 8.16. The Morgan fingerprint density at radius 3 is 2.44 bits per heavy atom. The van der Waals surface area contributed by atoms with E-state index in [1.165, 1.54) is 29.2 Å². The summed E-state index contributed by atoms with van der Waals surface area (Å²) in [6.07, 6.45) is 3.63. The first-order valence-corrected chi connectivity index (χ1v) is 12.3. The van der Waals surface area contributed by atoms with Crippen molar-refractivity contribution in [3.8, 4) is 5.75 Å². The van der Waals surface area contributed by atoms with Gasteiger partial charge in [-0.3, -0.25) is 9.59 Å². The minimum atomic E-state index is -0.794. The number of aliphatic hydroxyl groups is 1. The monoisotopic (exact) mass is 487 g/mol. The highest BCUT2D eigenvalue weighted by atomic mass is 19.1. The van der Waals surface area contributed by atoms with Crippen LogP contribution in [0.2, 0.25) is 0 Å². The van der Waals surface area contributed by atoms with E-state index < -0.39 is 23.5 Å². The van der Waals surface area contributed by atoms with Crippen molar-refractivity contribution >= 4 is 17.4 Å². The van der Waals surface area contributed by atoms with E-state index in [0.29, 0.717) is 30.9 Å². The minimum Gasteiger partial charge on any atom is -0.507 e. The number of unbranched alkanes of at least 4 members (excludes halogenated alkanes) is 2. The smallest absolute Gasteiger partial charge is 0.295 e. The molecule has 3 aromatic rings. The van der Waals surface area contributed by atoms with Crippen LogP contribution in [0, 0.1) is 5.82 Å². The lowest BCUT2D eigenvalue weighted by Gasteiger charge is -2.26. The predicted octanol–water partition coefficient (Wildman–Crippen LogP) is 6.06. The zero-order valence-corrected chi connectivity index (χ0v) is 20.3. The van der Waals surface area contributed by atoms with E-state index in [0.717, 1.165) is 24.8 Å². The molecule has 0 spiro atoms. The van der Waals surface area contributed by atoms with Gasteiger partial charge >= 0.3 is 0 Å². The van der Waals surface area contributed by atoms with Crippen LogP contribution < -0.4 is 4.74 Å². The number of nitrogens with zero attached hydrogens (tertiary/aromatic N) is 1. The van der Waals surface area contributed by atoms with E-state index in [2.05, 4.69) is 6.92 Å². The van der Waals surface area contributed by atoms with Gasteiger partial charge in [0.25, 0.3) is 11.7 Å². The summed E-state index contributed by atoms with van der Waals surface area (Å²) >= 11 is 0. The highest BCUT2D eigenvalue weighted by Gasteiger charge is 2.46. The van der Waals surface area contributed by atoms with Crippen LogP contribution in [-0.2, 0) is 16.0 Å². The maximum absolute atomic E-state index is 13.5. The molecule has 36 heavy (non-hydrogen) atoms. The molecule has 0 saturated carbocycles. The first-order chi connectivity index (χ1) is 17.5. The number of hydrogen-bond donors (Lipinski definition) is 1. The van der Waals surface area contributed by atoms with E-state index in [9.17, 15) is 19.1 Å². The van der Waals surface area contributed by atoms with Crippen LogP contribution >= 0.6 is 0 Å². The molecule has 1 aliphatic heterocycles. The normalized spacial score (nSPS) is 16.9. The van der Waals surface area contributed by atoms with Crippen LogP contribution in [0.1, 0.15) is 48.9 Å². The van der Waals surface area contributed by atoms with Crippen LogP contribution in [0.15, 0.2) is 84.4 Å². The van der Waals surface area contributed by atoms with Gasteiger partial charge in [0.15, 0.2) is 0 Å². The van der Waals surface area contributed by atoms with Crippen molar-refractivity contribution in [2.24, 2.45) is 0 Å². The molecule has 1 unspecified atom stereocenters. The Morgan fingerprint density at radius 1 is 0.972 bits per heavy atom. The molecule has 186 valence electrons. The fraction of sp³-hybridized carbons (Fsp3) is 0.267. The van der Waals surface area contributed by atoms with Gasteiger partial charge in [0.05, 0.1) is 18.2 Å². The Hall–Kier alpha value is -3.93. The zero-order valence-electron chi connectivity index (χ0n) is 20.3. The Labute approximate surface area is 210 Å². The SMILES string of the molecule is CCCCCOc1cccc(C2C(=C(O)c3ccc(F)cc3)C(=O)C(=O)N2CCc2ccccc2)c1. The van der Waals surface area contributed by atoms with Gasteiger partial charge in [-0.05, 0) is 60.4 Å². The quantitative estimate of drug-likeness (QED) is 0.163. The van der Waals surface area contributed by atoms with Gasteiger partial charge in [0, 0.05) is 12.1 Å². The summed E-state index contributed by atoms with van der Waals surface area (Å²) in [5.41, 5.74) is 1.96. The number of Topliss-reactive ketones (excluding diaryl/α,β-unsaturated/α-hetero) is 1. The van der Waals surface area contributed by atoms with Crippen molar-refractivity contribution in [3.05, 3.63) is 107 Å². The van der Waals surface area contributed by atoms with E-state index in [4.69, 9.17) is 4.74 Å². The molecule has 4 rings (SSSR count). The molecule has 3 aromatic carbocycles. The van der Waals surface area contributed by atoms with Gasteiger partial charge in [-0.25, -0.2) is 4.39 Å². The summed E-state index contributed by atoms with van der Waals surface area (Å²) in [6, 6.07) is 21.4. The third-order valence-electron chi connectivity index (χ3n) is 6.33. The largest absolute Gasteiger partial charge is 0.507 e. The number of halogens is 1. The molecule has 1 N–H and O–H groups in total. The average Bonchev–Trinajstić information content (AvgIpc) is 3.16. The van der Waals surface area contributed by atoms with Gasteiger partial charge in [-0.2, -0.15) is 0 Å². The Bertz CT molecular complexity index is 1240. The Balaban J connectivity index is 1.72. The number of likely N-dealkylation sites (tertiary alicyclic amines) is 1. The number of ether oxygens (including phenoxy) is 1. The number of rotatable bonds is 10. The molecule has 1 amide bonds. The lowest BCUT2D eigenvalue weighted by Crippen LogP contribution is -2.31. The molecule has 6 heteroatoms. The van der Waals surface area contributed by atoms with Crippen molar-refractivity contribution in [2.45, 2.75) is 38.6 Å². The third kappa shape index (κ3) is 5.65. The Morgan fingerprint density at radius 2 is 1.72 bits per heavy atom. The van der Waals surface area contributed by atoms with Crippen LogP contribution in [0.5, 0.6) is 5.75 Å². The first-order valence-electron chi connectivity index (χ1n) is 12.3. The number of amides is 1. The zero-order chi connectivity index (χ0) is 25.5. The molecule has 1 heterocycles. The van der Waals surface area contributed by atoms with Gasteiger partial charge in [-0.1, -0.05) is 62.2 Å². The van der Waals surface area contributed by atoms with E-state index in [1.54, 1.807) is 0 Å². The van der Waals surface area contributed by atoms with Gasteiger partial charge in [0.1, 0.15) is 17.3 Å². The number of hydrogen-bond acceptors (Lipinski definition) is 4. The van der Waals surface area contributed by atoms with Gasteiger partial charge < -0.3 is 14.7 Å². The van der Waals surface area contributed by atoms with Crippen LogP contribution in [0.4, 0.5) is 4.39 Å². The minimum absolute atomic E-state index is 0.0113. The lowest BCUT2D eigenvalue weighted by atomic mass is 9.95. The molecule has 1 saturated heterocycles. The summed E-state index contributed by atoms with van der Waals surface area (Å²) in [5.74, 6) is -1.58. The number of aliphatic hydroxyl groups excluding tert-OH is 1. The number of carbonyl (C=O) groups is 2. The predicted molar refractivity (Wildman–Crippen MR) is 137 cm³/mol. The molecule has 1 aliphatic rings. The van der Waals surface area contributed by atoms with E-state index in [-0.39, 0.29) is 16.9 Å². The second kappa shape index (κ2) is 11.7. The maximum atomic E-state index is 13.5. The summed E-state index contributed by atoms with van der Waals surface area (Å²) < 4.78 is 19.4. The highest BCUT2D eigenvalue weighted by molar-refractivity contribution is 6.46. The van der Waals surface area contributed by atoms with Crippen molar-refractivity contribution in [3.63, 3.8) is 0 Å². The van der Waals surface area contributed by atoms with Crippen LogP contribution in [-0.4, -0.2) is 34.8 Å². The van der Waals surface area contributed by atoms with Crippen molar-refractivity contribution < 1.29 is 23.8 Å². The fourth-order valence-corrected chi connectivity index (χ4v) is 4.43. The molecular formula is C30H30FNO4. The van der Waals surface area contributed by atoms with Gasteiger partial charge in [0.2, 0.25) is 0 Å². The molecule has 1 atom stereocenters. The molecule has 0 radical (unpaired) electrons. The third-order valence-corrected chi connectivity index (χ3v) is 6.33. The number of benzene rings is 3. The van der Waals surface area contributed by atoms with E-state index >= 15 is 0 Å². The summed E-state index contributed by atoms with van der Waals surface area (Å²) in [7, 11) is 0. The summed E-state index contributed by atoms with van der Waals surface area (Å²) in [4.78, 5) is 27.9. The van der Waals surface area contributed by atoms with Crippen LogP contribution in [0.3, 0.4) is 0 Å². The van der Waals surface area contributed by atoms with Crippen molar-refractivity contribution in [1.82, 2.24) is 4.90 Å². The topological polar surface area (TPSA) is 66.8 Å². The fourth-order valence-electron chi connectivity index (χ4n) is 4.43. The summed E-state index contributed by atoms with van der Waals surface area (Å²) in [5, 5.41) is 11.1. The number of ketones is 1. The highest BCUT2D eigenvalue weighted by Crippen LogP contribution is 2.40. The standard InChI is InChI=1S/C30H30FNO4/c1-2-3-7-19-36-25-12-8-11-23(20-25)27-26(28(33)22-13-15-24(31)16-14-22)29(34)30(35)32(27)18-17-21-9-5-4-6-10-21/h4-6,8-16,20,27,33H,2-3,7,17-19H2,1H3. The molecule has 5 nitrogen and oxygen atoms in total. The second-order valence-corrected chi connectivity index (χ2v) is 8.86.